The van der Waals surface area contributed by atoms with Crippen molar-refractivity contribution in [2.24, 2.45) is 11.7 Å². The van der Waals surface area contributed by atoms with Gasteiger partial charge in [-0.25, -0.2) is 0 Å². The Hall–Kier alpha value is -0.980. The van der Waals surface area contributed by atoms with Crippen molar-refractivity contribution in [3.63, 3.8) is 0 Å². The fraction of sp³-hybridized carbons (Fsp3) is 0.846. The quantitative estimate of drug-likeness (QED) is 0.867. The van der Waals surface area contributed by atoms with E-state index in [-0.39, 0.29) is 12.1 Å². The molecule has 2 N–H and O–H groups in total. The number of aromatic nitrogens is 2. The van der Waals surface area contributed by atoms with E-state index >= 15 is 0 Å². The van der Waals surface area contributed by atoms with Crippen molar-refractivity contribution >= 4 is 0 Å². The van der Waals surface area contributed by atoms with E-state index in [1.54, 1.807) is 0 Å². The smallest absolute Gasteiger partial charge is 0.243 e. The largest absolute Gasteiger partial charge is 0.338 e. The molecule has 6 nitrogen and oxygen atoms in total. The molecule has 2 unspecified atom stereocenters. The number of rotatable bonds is 4. The van der Waals surface area contributed by atoms with Gasteiger partial charge in [0.1, 0.15) is 0 Å². The number of hydrogen-bond acceptors (Lipinski definition) is 6. The molecular formula is C13H23N5O. The van der Waals surface area contributed by atoms with Gasteiger partial charge < -0.3 is 10.3 Å². The van der Waals surface area contributed by atoms with Crippen molar-refractivity contribution in [1.29, 1.82) is 0 Å². The minimum absolute atomic E-state index is 0.151. The first-order valence-corrected chi connectivity index (χ1v) is 7.24. The van der Waals surface area contributed by atoms with Gasteiger partial charge in [-0.15, -0.1) is 0 Å². The zero-order chi connectivity index (χ0) is 13.4. The highest BCUT2D eigenvalue weighted by atomic mass is 16.5. The minimum Gasteiger partial charge on any atom is -0.338 e. The molecule has 6 heteroatoms. The van der Waals surface area contributed by atoms with E-state index in [1.165, 1.54) is 0 Å². The van der Waals surface area contributed by atoms with Crippen LogP contribution in [0.2, 0.25) is 0 Å². The Balaban J connectivity index is 1.74. The number of nitrogens with two attached hydrogens (primary N) is 1. The predicted octanol–water partition coefficient (Wildman–Crippen LogP) is 0.788. The summed E-state index contributed by atoms with van der Waals surface area (Å²) >= 11 is 0. The molecule has 3 fully saturated rings. The van der Waals surface area contributed by atoms with Crippen molar-refractivity contribution in [2.75, 3.05) is 32.7 Å². The van der Waals surface area contributed by atoms with Gasteiger partial charge in [0.25, 0.3) is 0 Å². The maximum atomic E-state index is 6.15. The molecule has 106 valence electrons. The summed E-state index contributed by atoms with van der Waals surface area (Å²) in [6.07, 6.45) is 1.02. The lowest BCUT2D eigenvalue weighted by Gasteiger charge is -2.46. The molecule has 3 aliphatic rings. The van der Waals surface area contributed by atoms with Crippen LogP contribution in [0.25, 0.3) is 0 Å². The van der Waals surface area contributed by atoms with Crippen LogP contribution in [0, 0.1) is 5.92 Å². The summed E-state index contributed by atoms with van der Waals surface area (Å²) in [7, 11) is 0. The fourth-order valence-electron chi connectivity index (χ4n) is 2.88. The second kappa shape index (κ2) is 5.19. The van der Waals surface area contributed by atoms with Crippen molar-refractivity contribution < 1.29 is 4.52 Å². The first-order chi connectivity index (χ1) is 9.19. The molecule has 0 aliphatic carbocycles. The Morgan fingerprint density at radius 3 is 2.68 bits per heavy atom. The highest BCUT2D eigenvalue weighted by Gasteiger charge is 2.36. The second-order valence-electron chi connectivity index (χ2n) is 5.75. The molecule has 1 aromatic heterocycles. The summed E-state index contributed by atoms with van der Waals surface area (Å²) in [4.78, 5) is 9.47. The van der Waals surface area contributed by atoms with Crippen LogP contribution < -0.4 is 5.73 Å². The van der Waals surface area contributed by atoms with Gasteiger partial charge in [0.15, 0.2) is 5.82 Å². The minimum atomic E-state index is -0.151. The van der Waals surface area contributed by atoms with Crippen LogP contribution in [0.5, 0.6) is 0 Å². The van der Waals surface area contributed by atoms with Gasteiger partial charge in [-0.3, -0.25) is 9.80 Å². The van der Waals surface area contributed by atoms with Gasteiger partial charge in [-0.05, 0) is 5.92 Å². The molecule has 0 amide bonds. The van der Waals surface area contributed by atoms with Crippen LogP contribution in [0.15, 0.2) is 4.52 Å². The molecule has 0 radical (unpaired) electrons. The summed E-state index contributed by atoms with van der Waals surface area (Å²) < 4.78 is 5.38. The average Bonchev–Trinajstić information content (AvgIpc) is 2.96. The molecule has 3 atom stereocenters. The Kier molecular flexibility index (Phi) is 3.56. The van der Waals surface area contributed by atoms with Gasteiger partial charge in [0, 0.05) is 32.7 Å². The van der Waals surface area contributed by atoms with Crippen LogP contribution in [0.1, 0.15) is 44.1 Å². The summed E-state index contributed by atoms with van der Waals surface area (Å²) in [6.45, 7) is 9.78. The molecule has 19 heavy (non-hydrogen) atoms. The highest BCUT2D eigenvalue weighted by Crippen LogP contribution is 2.28. The van der Waals surface area contributed by atoms with Gasteiger partial charge in [-0.2, -0.15) is 4.98 Å². The Morgan fingerprint density at radius 2 is 2.11 bits per heavy atom. The van der Waals surface area contributed by atoms with Crippen LogP contribution >= 0.6 is 0 Å². The highest BCUT2D eigenvalue weighted by molar-refractivity contribution is 5.03. The fourth-order valence-corrected chi connectivity index (χ4v) is 2.88. The molecule has 4 rings (SSSR count). The lowest BCUT2D eigenvalue weighted by Crippen LogP contribution is -2.57. The number of piperazine rings is 3. The molecule has 0 saturated carbocycles. The van der Waals surface area contributed by atoms with E-state index in [9.17, 15) is 0 Å². The maximum Gasteiger partial charge on any atom is 0.243 e. The molecule has 1 aromatic rings. The van der Waals surface area contributed by atoms with Crippen molar-refractivity contribution in [1.82, 2.24) is 19.9 Å². The van der Waals surface area contributed by atoms with E-state index in [0.29, 0.717) is 11.8 Å². The van der Waals surface area contributed by atoms with Gasteiger partial charge in [-0.1, -0.05) is 25.4 Å². The van der Waals surface area contributed by atoms with Crippen LogP contribution in [0.3, 0.4) is 0 Å². The van der Waals surface area contributed by atoms with E-state index in [4.69, 9.17) is 10.3 Å². The lowest BCUT2D eigenvalue weighted by molar-refractivity contribution is 0.00781. The molecule has 0 aromatic carbocycles. The van der Waals surface area contributed by atoms with E-state index < -0.39 is 0 Å². The van der Waals surface area contributed by atoms with Crippen molar-refractivity contribution in [2.45, 2.75) is 32.4 Å². The number of hydrogen-bond donors (Lipinski definition) is 1. The van der Waals surface area contributed by atoms with Crippen LogP contribution in [0.4, 0.5) is 0 Å². The molecule has 4 heterocycles. The summed E-state index contributed by atoms with van der Waals surface area (Å²) in [5, 5.41) is 4.16. The monoisotopic (exact) mass is 265 g/mol. The van der Waals surface area contributed by atoms with Gasteiger partial charge in [0.2, 0.25) is 5.89 Å². The first-order valence-electron chi connectivity index (χ1n) is 7.24. The lowest BCUT2D eigenvalue weighted by atomic mass is 10.0. The normalized spacial score (nSPS) is 33.3. The zero-order valence-corrected chi connectivity index (χ0v) is 11.7. The van der Waals surface area contributed by atoms with E-state index in [2.05, 4.69) is 33.8 Å². The van der Waals surface area contributed by atoms with Gasteiger partial charge in [0.05, 0.1) is 12.1 Å². The van der Waals surface area contributed by atoms with E-state index in [0.717, 1.165) is 45.0 Å². The summed E-state index contributed by atoms with van der Waals surface area (Å²) in [5.41, 5.74) is 6.15. The first kappa shape index (κ1) is 13.0. The number of nitrogens with zero attached hydrogens (tertiary/aromatic N) is 4. The maximum absolute atomic E-state index is 6.15. The van der Waals surface area contributed by atoms with Crippen molar-refractivity contribution in [3.8, 4) is 0 Å². The Bertz CT molecular complexity index is 426. The predicted molar refractivity (Wildman–Crippen MR) is 71.4 cm³/mol. The third-order valence-electron chi connectivity index (χ3n) is 4.58. The number of fused-ring (bicyclic) bond motifs is 3. The average molecular weight is 265 g/mol. The summed E-state index contributed by atoms with van der Waals surface area (Å²) in [6, 6.07) is 0.131. The van der Waals surface area contributed by atoms with Crippen molar-refractivity contribution in [3.05, 3.63) is 11.7 Å². The van der Waals surface area contributed by atoms with Crippen LogP contribution in [-0.4, -0.2) is 52.7 Å². The van der Waals surface area contributed by atoms with Crippen LogP contribution in [-0.2, 0) is 0 Å². The molecule has 3 aliphatic heterocycles. The SMILES string of the molecule is CCC(C)[C@H](N)c1nc(C2CN3CCN2CC3)no1. The molecule has 2 bridgehead atoms. The standard InChI is InChI=1S/C13H23N5O/c1-3-9(2)11(14)13-15-12(16-19-13)10-8-17-4-6-18(10)7-5-17/h9-11H,3-8,14H2,1-2H3/t9?,10?,11-/m0/s1. The van der Waals surface area contributed by atoms with Gasteiger partial charge >= 0.3 is 0 Å². The third-order valence-corrected chi connectivity index (χ3v) is 4.58. The zero-order valence-electron chi connectivity index (χ0n) is 11.7. The Morgan fingerprint density at radius 1 is 1.37 bits per heavy atom. The summed E-state index contributed by atoms with van der Waals surface area (Å²) in [5.74, 6) is 1.75. The molecular weight excluding hydrogens is 242 g/mol. The van der Waals surface area contributed by atoms with E-state index in [1.807, 2.05) is 0 Å². The molecule has 0 spiro atoms. The third kappa shape index (κ3) is 2.40. The Labute approximate surface area is 113 Å². The molecule has 3 saturated heterocycles. The second-order valence-corrected chi connectivity index (χ2v) is 5.75. The topological polar surface area (TPSA) is 71.4 Å².